The van der Waals surface area contributed by atoms with E-state index in [9.17, 15) is 53.6 Å². The van der Waals surface area contributed by atoms with E-state index in [1.807, 2.05) is 4.98 Å². The molecule has 2 saturated carbocycles. The molecule has 3 heterocycles. The maximum Gasteiger partial charge on any atom is 0.481 e. The molecular formula is C26H35FN2O19P2S. The van der Waals surface area contributed by atoms with Crippen LogP contribution in [0.4, 0.5) is 4.39 Å². The van der Waals surface area contributed by atoms with Gasteiger partial charge in [0, 0.05) is 33.0 Å². The number of alkyl halides is 1. The number of aromatic amines is 1. The fraction of sp³-hybridized carbons (Fsp3) is 0.731. The average molecular weight is 793 g/mol. The number of esters is 3. The molecule has 21 nitrogen and oxygen atoms in total. The number of halogens is 1. The number of nitrogens with zero attached hydrogens (tertiary/aromatic N) is 1. The van der Waals surface area contributed by atoms with Gasteiger partial charge in [-0.3, -0.25) is 33.3 Å². The molecular weight excluding hydrogens is 757 g/mol. The van der Waals surface area contributed by atoms with Gasteiger partial charge in [-0.2, -0.15) is 0 Å². The van der Waals surface area contributed by atoms with Gasteiger partial charge in [-0.25, -0.2) is 18.1 Å². The minimum atomic E-state index is -5.58. The zero-order chi connectivity index (χ0) is 37.8. The highest BCUT2D eigenvalue weighted by Gasteiger charge is 2.78. The second kappa shape index (κ2) is 14.4. The number of hydrogen-bond acceptors (Lipinski definition) is 18. The Morgan fingerprint density at radius 2 is 1.82 bits per heavy atom. The molecule has 25 heteroatoms. The molecule has 1 aromatic rings. The van der Waals surface area contributed by atoms with Gasteiger partial charge in [0.1, 0.15) is 48.7 Å². The third-order valence-corrected chi connectivity index (χ3v) is 12.2. The lowest BCUT2D eigenvalue weighted by atomic mass is 9.86. The van der Waals surface area contributed by atoms with Crippen molar-refractivity contribution in [2.24, 2.45) is 17.8 Å². The minimum absolute atomic E-state index is 0.448. The summed E-state index contributed by atoms with van der Waals surface area (Å²) in [5.41, 5.74) is -3.77. The minimum Gasteiger partial charge on any atom is -0.463 e. The molecule has 0 radical (unpaired) electrons. The van der Waals surface area contributed by atoms with Crippen LogP contribution in [-0.2, 0) is 67.8 Å². The van der Waals surface area contributed by atoms with Crippen LogP contribution in [0, 0.1) is 17.8 Å². The number of H-pyrrole nitrogens is 1. The summed E-state index contributed by atoms with van der Waals surface area (Å²) >= 11 is 4.82. The molecule has 1 aromatic heterocycles. The van der Waals surface area contributed by atoms with E-state index in [0.717, 1.165) is 37.6 Å². The highest BCUT2D eigenvalue weighted by atomic mass is 32.5. The van der Waals surface area contributed by atoms with Crippen molar-refractivity contribution in [1.29, 1.82) is 0 Å². The largest absolute Gasteiger partial charge is 0.481 e. The van der Waals surface area contributed by atoms with E-state index < -0.39 is 129 Å². The second-order valence-electron chi connectivity index (χ2n) is 12.3. The molecule has 5 rings (SSSR count). The smallest absolute Gasteiger partial charge is 0.463 e. The number of fused-ring (bicyclic) bond motifs is 1. The van der Waals surface area contributed by atoms with E-state index >= 15 is 4.39 Å². The normalized spacial score (nSPS) is 37.3. The second-order valence-corrected chi connectivity index (χ2v) is 16.7. The number of aliphatic hydroxyl groups is 3. The van der Waals surface area contributed by atoms with E-state index in [-0.39, 0.29) is 0 Å². The summed E-state index contributed by atoms with van der Waals surface area (Å²) in [6, 6.07) is 0.983. The Kier molecular flexibility index (Phi) is 11.2. The first-order valence-electron chi connectivity index (χ1n) is 15.2. The number of ether oxygens (including phenoxy) is 5. The summed E-state index contributed by atoms with van der Waals surface area (Å²) in [5, 5.41) is 33.5. The van der Waals surface area contributed by atoms with E-state index in [1.54, 1.807) is 0 Å². The number of phosphoric ester groups is 1. The van der Waals surface area contributed by atoms with Gasteiger partial charge in [0.15, 0.2) is 12.5 Å². The van der Waals surface area contributed by atoms with Crippen LogP contribution >= 0.6 is 14.5 Å². The number of nitrogens with one attached hydrogen (secondary N) is 1. The van der Waals surface area contributed by atoms with Crippen LogP contribution in [-0.4, -0.2) is 114 Å². The van der Waals surface area contributed by atoms with Gasteiger partial charge in [-0.05, 0) is 30.6 Å². The highest BCUT2D eigenvalue weighted by Crippen LogP contribution is 2.66. The fourth-order valence-electron chi connectivity index (χ4n) is 6.65. The summed E-state index contributed by atoms with van der Waals surface area (Å²) in [4.78, 5) is 82.3. The van der Waals surface area contributed by atoms with Crippen molar-refractivity contribution < 1.29 is 85.5 Å². The first-order chi connectivity index (χ1) is 23.6. The van der Waals surface area contributed by atoms with Crippen LogP contribution in [0.15, 0.2) is 21.9 Å². The van der Waals surface area contributed by atoms with Gasteiger partial charge in [0.05, 0.1) is 12.5 Å². The molecule has 8 unspecified atom stereocenters. The van der Waals surface area contributed by atoms with Crippen molar-refractivity contribution in [3.05, 3.63) is 33.1 Å². The third kappa shape index (κ3) is 7.91. The number of aliphatic hydroxyl groups excluding tert-OH is 2. The molecule has 0 spiro atoms. The molecule has 51 heavy (non-hydrogen) atoms. The molecule has 0 aromatic carbocycles. The van der Waals surface area contributed by atoms with Gasteiger partial charge in [-0.15, -0.1) is 0 Å². The van der Waals surface area contributed by atoms with Crippen molar-refractivity contribution in [2.45, 2.75) is 88.1 Å². The predicted molar refractivity (Wildman–Crippen MR) is 163 cm³/mol. The number of phosphoric acid groups is 1. The summed E-state index contributed by atoms with van der Waals surface area (Å²) in [6.07, 6.45) is -11.0. The van der Waals surface area contributed by atoms with Crippen LogP contribution in [0.5, 0.6) is 0 Å². The van der Waals surface area contributed by atoms with Crippen molar-refractivity contribution in [2.75, 3.05) is 13.2 Å². The van der Waals surface area contributed by atoms with Gasteiger partial charge in [0.2, 0.25) is 5.79 Å². The number of rotatable bonds is 14. The first kappa shape index (κ1) is 39.7. The lowest BCUT2D eigenvalue weighted by molar-refractivity contribution is -0.425. The Labute approximate surface area is 291 Å². The Morgan fingerprint density at radius 1 is 1.16 bits per heavy atom. The first-order valence-corrected chi connectivity index (χ1v) is 19.3. The van der Waals surface area contributed by atoms with Gasteiger partial charge in [0.25, 0.3) is 5.56 Å². The van der Waals surface area contributed by atoms with Gasteiger partial charge < -0.3 is 53.3 Å². The van der Waals surface area contributed by atoms with E-state index in [2.05, 4.69) is 9.05 Å². The third-order valence-electron chi connectivity index (χ3n) is 8.73. The van der Waals surface area contributed by atoms with Crippen LogP contribution in [0.25, 0.3) is 0 Å². The van der Waals surface area contributed by atoms with E-state index in [4.69, 9.17) is 39.8 Å². The quantitative estimate of drug-likeness (QED) is 0.0699. The highest BCUT2D eigenvalue weighted by molar-refractivity contribution is 8.08. The maximum absolute atomic E-state index is 15.5. The summed E-state index contributed by atoms with van der Waals surface area (Å²) < 4.78 is 70.2. The van der Waals surface area contributed by atoms with Crippen molar-refractivity contribution in [3.63, 3.8) is 0 Å². The Bertz CT molecular complexity index is 1760. The Hall–Kier alpha value is -2.50. The zero-order valence-corrected chi connectivity index (χ0v) is 29.4. The molecule has 2 aliphatic heterocycles. The van der Waals surface area contributed by atoms with Crippen LogP contribution < -0.4 is 11.2 Å². The summed E-state index contributed by atoms with van der Waals surface area (Å²) in [6.45, 7) is -3.87. The number of carbonyl (C=O) groups excluding carboxylic acids is 3. The van der Waals surface area contributed by atoms with Crippen molar-refractivity contribution in [1.82, 2.24) is 9.55 Å². The molecule has 6 N–H and O–H groups in total. The number of aromatic nitrogens is 2. The zero-order valence-electron chi connectivity index (χ0n) is 26.8. The topological polar surface area (TPSA) is 298 Å². The van der Waals surface area contributed by atoms with Crippen molar-refractivity contribution in [3.8, 4) is 0 Å². The monoisotopic (exact) mass is 792 g/mol. The standard InChI is InChI=1S/C26H35FN2O19P2S/c1-10(30)41-8-14(27)17-20(43-11(2)31)19(34)18-22(46-26(17,18)45-12(3)32)47-49(38,39)48-50(40,51)42-9-15-21(35)25(37,13-4-5-13)23(44-15)29-7-6-16(33)28-24(29)36/h6-7,13-15,17-23,34-35,37H,4-5,8-9H2,1-3H3,(H,38,39)(H,40,51)(H,28,33,36)/t14-,15+,17?,18?,19?,20?,21+,22?,23+,25+,26?,50?/m0/s1. The molecule has 0 amide bonds. The molecule has 0 bridgehead atoms. The molecule has 13 atom stereocenters. The number of carbonyl (C=O) groups is 3. The molecule has 286 valence electrons. The lowest BCUT2D eigenvalue weighted by Gasteiger charge is -2.51. The summed E-state index contributed by atoms with van der Waals surface area (Å²) in [7, 11) is -5.58. The van der Waals surface area contributed by atoms with Crippen LogP contribution in [0.2, 0.25) is 0 Å². The predicted octanol–water partition coefficient (Wildman–Crippen LogP) is -1.64. The van der Waals surface area contributed by atoms with Gasteiger partial charge in [-0.1, -0.05) is 0 Å². The van der Waals surface area contributed by atoms with E-state index in [1.165, 1.54) is 0 Å². The fourth-order valence-corrected chi connectivity index (χ4v) is 9.74. The molecule has 4 aliphatic rings. The lowest BCUT2D eigenvalue weighted by Crippen LogP contribution is -2.66. The van der Waals surface area contributed by atoms with Crippen LogP contribution in [0.3, 0.4) is 0 Å². The van der Waals surface area contributed by atoms with Gasteiger partial charge >= 0.3 is 38.1 Å². The van der Waals surface area contributed by atoms with Crippen LogP contribution in [0.1, 0.15) is 39.8 Å². The van der Waals surface area contributed by atoms with Crippen molar-refractivity contribution >= 4 is 44.3 Å². The maximum atomic E-state index is 15.5. The molecule has 4 fully saturated rings. The SMILES string of the molecule is CC(=O)OC[C@H](F)C1C(OC(C)=O)C(O)C2C(OP(=O)(O)OP(O)(=S)OC[C@H]3O[C@@H](n4ccc(=O)[nH]c4=O)[C@@](O)(C4CC4)[C@@H]3O)OC21OC(C)=O. The average Bonchev–Trinajstić information content (AvgIpc) is 3.78. The molecule has 2 aliphatic carbocycles. The van der Waals surface area contributed by atoms with E-state index in [0.29, 0.717) is 12.8 Å². The Balaban J connectivity index is 1.29. The Morgan fingerprint density at radius 3 is 2.39 bits per heavy atom. The molecule has 2 saturated heterocycles. The number of hydrogen-bond donors (Lipinski definition) is 6. The summed E-state index contributed by atoms with van der Waals surface area (Å²) in [5.74, 6) is -9.60.